The van der Waals surface area contributed by atoms with Crippen molar-refractivity contribution < 1.29 is 9.53 Å². The lowest BCUT2D eigenvalue weighted by Crippen LogP contribution is -2.42. The zero-order valence-electron chi connectivity index (χ0n) is 13.0. The Morgan fingerprint density at radius 3 is 2.60 bits per heavy atom. The van der Waals surface area contributed by atoms with Gasteiger partial charge in [-0.05, 0) is 38.0 Å². The van der Waals surface area contributed by atoms with Gasteiger partial charge in [0.05, 0.1) is 12.6 Å². The van der Waals surface area contributed by atoms with Gasteiger partial charge in [-0.1, -0.05) is 42.1 Å². The standard InChI is InChI=1S/C16H30BrNO2/c1-3-4-5-13-6-8-14(9-7-13)16(19)18-15(10-11-17)12-20-2/h13-15H,3-12H2,1-2H3,(H,18,19). The van der Waals surface area contributed by atoms with E-state index in [-0.39, 0.29) is 17.9 Å². The van der Waals surface area contributed by atoms with Crippen LogP contribution in [-0.4, -0.2) is 31.0 Å². The van der Waals surface area contributed by atoms with E-state index in [0.717, 1.165) is 30.5 Å². The topological polar surface area (TPSA) is 38.3 Å². The number of halogens is 1. The number of nitrogens with one attached hydrogen (secondary N) is 1. The minimum atomic E-state index is 0.143. The number of rotatable bonds is 9. The summed E-state index contributed by atoms with van der Waals surface area (Å²) in [7, 11) is 1.69. The van der Waals surface area contributed by atoms with E-state index in [2.05, 4.69) is 28.2 Å². The van der Waals surface area contributed by atoms with Crippen molar-refractivity contribution in [1.82, 2.24) is 5.32 Å². The van der Waals surface area contributed by atoms with Crippen molar-refractivity contribution in [2.24, 2.45) is 11.8 Å². The van der Waals surface area contributed by atoms with Crippen molar-refractivity contribution in [3.8, 4) is 0 Å². The molecule has 3 nitrogen and oxygen atoms in total. The van der Waals surface area contributed by atoms with Gasteiger partial charge in [0.1, 0.15) is 0 Å². The molecule has 1 amide bonds. The van der Waals surface area contributed by atoms with Crippen LogP contribution in [0.25, 0.3) is 0 Å². The molecule has 1 aliphatic rings. The van der Waals surface area contributed by atoms with E-state index in [9.17, 15) is 4.79 Å². The third-order valence-corrected chi connectivity index (χ3v) is 4.81. The average molecular weight is 348 g/mol. The van der Waals surface area contributed by atoms with E-state index < -0.39 is 0 Å². The highest BCUT2D eigenvalue weighted by molar-refractivity contribution is 9.09. The van der Waals surface area contributed by atoms with Gasteiger partial charge >= 0.3 is 0 Å². The van der Waals surface area contributed by atoms with Crippen LogP contribution in [-0.2, 0) is 9.53 Å². The molecule has 0 aromatic rings. The molecule has 0 saturated heterocycles. The second-order valence-corrected chi connectivity index (χ2v) is 6.79. The first kappa shape index (κ1) is 18.0. The minimum absolute atomic E-state index is 0.143. The quantitative estimate of drug-likeness (QED) is 0.642. The second-order valence-electron chi connectivity index (χ2n) is 6.00. The van der Waals surface area contributed by atoms with Crippen molar-refractivity contribution >= 4 is 21.8 Å². The van der Waals surface area contributed by atoms with Gasteiger partial charge in [-0.2, -0.15) is 0 Å². The summed E-state index contributed by atoms with van der Waals surface area (Å²) in [5, 5.41) is 4.05. The molecular formula is C16H30BrNO2. The van der Waals surface area contributed by atoms with Crippen molar-refractivity contribution in [2.45, 2.75) is 64.3 Å². The van der Waals surface area contributed by atoms with E-state index in [4.69, 9.17) is 4.74 Å². The maximum atomic E-state index is 12.3. The Labute approximate surface area is 132 Å². The summed E-state index contributed by atoms with van der Waals surface area (Å²) in [6.07, 6.45) is 9.47. The van der Waals surface area contributed by atoms with Gasteiger partial charge in [-0.15, -0.1) is 0 Å². The molecule has 1 unspecified atom stereocenters. The molecule has 0 aliphatic heterocycles. The fraction of sp³-hybridized carbons (Fsp3) is 0.938. The molecule has 4 heteroatoms. The fourth-order valence-corrected chi connectivity index (χ4v) is 3.61. The Kier molecular flexibility index (Phi) is 9.53. The lowest BCUT2D eigenvalue weighted by Gasteiger charge is -2.29. The molecule has 0 radical (unpaired) electrons. The van der Waals surface area contributed by atoms with Gasteiger partial charge < -0.3 is 10.1 Å². The van der Waals surface area contributed by atoms with Crippen LogP contribution in [0.5, 0.6) is 0 Å². The number of hydrogen-bond acceptors (Lipinski definition) is 2. The molecule has 1 aliphatic carbocycles. The van der Waals surface area contributed by atoms with Gasteiger partial charge in [-0.3, -0.25) is 4.79 Å². The van der Waals surface area contributed by atoms with Crippen molar-refractivity contribution in [2.75, 3.05) is 19.0 Å². The lowest BCUT2D eigenvalue weighted by atomic mass is 9.79. The normalized spacial score (nSPS) is 24.4. The molecule has 1 atom stereocenters. The first-order chi connectivity index (χ1) is 9.71. The second kappa shape index (κ2) is 10.6. The Morgan fingerprint density at radius 1 is 1.35 bits per heavy atom. The number of alkyl halides is 1. The van der Waals surface area contributed by atoms with Gasteiger partial charge in [-0.25, -0.2) is 0 Å². The third kappa shape index (κ3) is 6.57. The van der Waals surface area contributed by atoms with E-state index >= 15 is 0 Å². The summed E-state index contributed by atoms with van der Waals surface area (Å²) >= 11 is 3.43. The maximum Gasteiger partial charge on any atom is 0.223 e. The van der Waals surface area contributed by atoms with Gasteiger partial charge in [0.25, 0.3) is 0 Å². The van der Waals surface area contributed by atoms with Crippen LogP contribution in [0.4, 0.5) is 0 Å². The van der Waals surface area contributed by atoms with Crippen molar-refractivity contribution in [3.63, 3.8) is 0 Å². The zero-order chi connectivity index (χ0) is 14.8. The number of methoxy groups -OCH3 is 1. The predicted octanol–water partition coefficient (Wildman–Crippen LogP) is 3.90. The number of ether oxygens (including phenoxy) is 1. The molecule has 0 aromatic carbocycles. The van der Waals surface area contributed by atoms with Crippen LogP contribution >= 0.6 is 15.9 Å². The fourth-order valence-electron chi connectivity index (χ4n) is 3.06. The summed E-state index contributed by atoms with van der Waals surface area (Å²) in [5.41, 5.74) is 0. The molecule has 1 saturated carbocycles. The minimum Gasteiger partial charge on any atom is -0.383 e. The summed E-state index contributed by atoms with van der Waals surface area (Å²) in [5.74, 6) is 1.32. The first-order valence-electron chi connectivity index (χ1n) is 8.06. The molecule has 1 fully saturated rings. The first-order valence-corrected chi connectivity index (χ1v) is 9.18. The van der Waals surface area contributed by atoms with E-state index in [1.165, 1.54) is 32.1 Å². The highest BCUT2D eigenvalue weighted by atomic mass is 79.9. The highest BCUT2D eigenvalue weighted by Gasteiger charge is 2.27. The summed E-state index contributed by atoms with van der Waals surface area (Å²) in [6.45, 7) is 2.85. The molecule has 0 spiro atoms. The molecule has 1 rings (SSSR count). The monoisotopic (exact) mass is 347 g/mol. The number of unbranched alkanes of at least 4 members (excludes halogenated alkanes) is 1. The molecular weight excluding hydrogens is 318 g/mol. The summed E-state index contributed by atoms with van der Waals surface area (Å²) in [6, 6.07) is 0.143. The van der Waals surface area contributed by atoms with E-state index in [1.54, 1.807) is 7.11 Å². The number of hydrogen-bond donors (Lipinski definition) is 1. The molecule has 118 valence electrons. The van der Waals surface area contributed by atoms with Crippen LogP contribution < -0.4 is 5.32 Å². The predicted molar refractivity (Wildman–Crippen MR) is 87.2 cm³/mol. The Bertz CT molecular complexity index is 259. The van der Waals surface area contributed by atoms with Gasteiger partial charge in [0.2, 0.25) is 5.91 Å². The number of carbonyl (C=O) groups is 1. The third-order valence-electron chi connectivity index (χ3n) is 4.36. The van der Waals surface area contributed by atoms with Crippen LogP contribution in [0.2, 0.25) is 0 Å². The molecule has 0 bridgehead atoms. The largest absolute Gasteiger partial charge is 0.383 e. The van der Waals surface area contributed by atoms with Crippen molar-refractivity contribution in [3.05, 3.63) is 0 Å². The SMILES string of the molecule is CCCCC1CCC(C(=O)NC(CCBr)COC)CC1. The van der Waals surface area contributed by atoms with Crippen LogP contribution in [0.1, 0.15) is 58.3 Å². The molecule has 1 N–H and O–H groups in total. The van der Waals surface area contributed by atoms with Gasteiger partial charge in [0.15, 0.2) is 0 Å². The Balaban J connectivity index is 2.30. The molecule has 0 aromatic heterocycles. The van der Waals surface area contributed by atoms with E-state index in [0.29, 0.717) is 6.61 Å². The van der Waals surface area contributed by atoms with Crippen LogP contribution in [0.15, 0.2) is 0 Å². The maximum absolute atomic E-state index is 12.3. The summed E-state index contributed by atoms with van der Waals surface area (Å²) < 4.78 is 5.17. The van der Waals surface area contributed by atoms with Crippen molar-refractivity contribution in [1.29, 1.82) is 0 Å². The number of amides is 1. The van der Waals surface area contributed by atoms with Gasteiger partial charge in [0, 0.05) is 18.4 Å². The lowest BCUT2D eigenvalue weighted by molar-refractivity contribution is -0.127. The van der Waals surface area contributed by atoms with Crippen LogP contribution in [0.3, 0.4) is 0 Å². The molecule has 0 heterocycles. The highest BCUT2D eigenvalue weighted by Crippen LogP contribution is 2.32. The summed E-state index contributed by atoms with van der Waals surface area (Å²) in [4.78, 5) is 12.3. The zero-order valence-corrected chi connectivity index (χ0v) is 14.6. The Hall–Kier alpha value is -0.0900. The molecule has 20 heavy (non-hydrogen) atoms. The van der Waals surface area contributed by atoms with E-state index in [1.807, 2.05) is 0 Å². The average Bonchev–Trinajstić information content (AvgIpc) is 2.46. The Morgan fingerprint density at radius 2 is 2.05 bits per heavy atom. The van der Waals surface area contributed by atoms with Crippen LogP contribution in [0, 0.1) is 11.8 Å². The number of carbonyl (C=O) groups excluding carboxylic acids is 1. The smallest absolute Gasteiger partial charge is 0.223 e.